The first-order chi connectivity index (χ1) is 21.8. The van der Waals surface area contributed by atoms with E-state index in [9.17, 15) is 23.1 Å². The standard InChI is InChI=1S/C31H30Cl2F3N7O3/c1-17-6-9-43(41-17)24-5-3-18(19-2-4-21(32)22(33)13-19)12-20(24)27(31(34,35)36)46-26-14-25(39-29(37)40-26)42-10-7-30(8-11-42)15-23(28(44)45)38-16-30/h2-6,9,12-14,23,27,38H,7-8,10-11,15-16H2,1H3,(H,44,45)(H2,37,39,40). The van der Waals surface area contributed by atoms with Gasteiger partial charge in [-0.25, -0.2) is 4.68 Å². The highest BCUT2D eigenvalue weighted by atomic mass is 35.5. The van der Waals surface area contributed by atoms with Gasteiger partial charge in [0.15, 0.2) is 0 Å². The second kappa shape index (κ2) is 12.3. The first-order valence-corrected chi connectivity index (χ1v) is 15.3. The third kappa shape index (κ3) is 6.58. The van der Waals surface area contributed by atoms with Crippen LogP contribution in [0.5, 0.6) is 5.88 Å². The number of hydrogen-bond donors (Lipinski definition) is 3. The van der Waals surface area contributed by atoms with Crippen molar-refractivity contribution in [2.45, 2.75) is 44.5 Å². The van der Waals surface area contributed by atoms with Gasteiger partial charge in [-0.15, -0.1) is 0 Å². The number of benzene rings is 2. The lowest BCUT2D eigenvalue weighted by Crippen LogP contribution is -2.41. The first kappa shape index (κ1) is 31.9. The van der Waals surface area contributed by atoms with Gasteiger partial charge >= 0.3 is 12.1 Å². The Labute approximate surface area is 272 Å². The SMILES string of the molecule is Cc1ccn(-c2ccc(-c3ccc(Cl)c(Cl)c3)cc2C(Oc2cc(N3CCC4(CC3)CNC(C(=O)O)C4)nc(N)n2)C(F)(F)F)n1. The number of nitrogens with one attached hydrogen (secondary N) is 1. The van der Waals surface area contributed by atoms with Crippen LogP contribution >= 0.6 is 23.2 Å². The van der Waals surface area contributed by atoms with E-state index in [-0.39, 0.29) is 33.5 Å². The molecule has 2 atom stereocenters. The van der Waals surface area contributed by atoms with E-state index in [1.165, 1.54) is 22.9 Å². The normalized spacial score (nSPS) is 18.6. The molecule has 2 aromatic heterocycles. The number of aryl methyl sites for hydroxylation is 1. The van der Waals surface area contributed by atoms with E-state index in [2.05, 4.69) is 20.4 Å². The maximum Gasteiger partial charge on any atom is 0.429 e. The average molecular weight is 677 g/mol. The molecule has 242 valence electrons. The molecule has 46 heavy (non-hydrogen) atoms. The van der Waals surface area contributed by atoms with Crippen molar-refractivity contribution in [2.75, 3.05) is 30.3 Å². The van der Waals surface area contributed by atoms with Crippen molar-refractivity contribution in [1.29, 1.82) is 0 Å². The number of piperidine rings is 1. The van der Waals surface area contributed by atoms with Gasteiger partial charge < -0.3 is 25.8 Å². The Balaban J connectivity index is 1.33. The molecule has 4 N–H and O–H groups in total. The van der Waals surface area contributed by atoms with Crippen LogP contribution < -0.4 is 20.7 Å². The number of anilines is 2. The summed E-state index contributed by atoms with van der Waals surface area (Å²) in [5, 5.41) is 17.4. The van der Waals surface area contributed by atoms with Gasteiger partial charge in [0.2, 0.25) is 17.9 Å². The summed E-state index contributed by atoms with van der Waals surface area (Å²) in [7, 11) is 0. The Morgan fingerprint density at radius 1 is 1.09 bits per heavy atom. The van der Waals surface area contributed by atoms with E-state index in [0.717, 1.165) is 0 Å². The molecule has 4 aromatic rings. The summed E-state index contributed by atoms with van der Waals surface area (Å²) in [6.07, 6.45) is -3.88. The molecular formula is C31H30Cl2F3N7O3. The van der Waals surface area contributed by atoms with E-state index < -0.39 is 24.3 Å². The second-order valence-corrected chi connectivity index (χ2v) is 12.5. The summed E-state index contributed by atoms with van der Waals surface area (Å²) >= 11 is 12.3. The van der Waals surface area contributed by atoms with E-state index in [1.807, 2.05) is 4.90 Å². The molecule has 0 aliphatic carbocycles. The summed E-state index contributed by atoms with van der Waals surface area (Å²) in [4.78, 5) is 21.6. The fraction of sp³-hybridized carbons (Fsp3) is 0.355. The highest BCUT2D eigenvalue weighted by Gasteiger charge is 2.46. The van der Waals surface area contributed by atoms with Crippen LogP contribution in [0.1, 0.15) is 36.6 Å². The van der Waals surface area contributed by atoms with Crippen molar-refractivity contribution in [3.8, 4) is 22.7 Å². The molecule has 10 nitrogen and oxygen atoms in total. The summed E-state index contributed by atoms with van der Waals surface area (Å²) in [5.41, 5.74) is 7.40. The van der Waals surface area contributed by atoms with Crippen molar-refractivity contribution in [3.05, 3.63) is 76.0 Å². The largest absolute Gasteiger partial charge is 0.480 e. The zero-order chi connectivity index (χ0) is 32.8. The van der Waals surface area contributed by atoms with E-state index in [1.54, 1.807) is 43.5 Å². The predicted molar refractivity (Wildman–Crippen MR) is 168 cm³/mol. The number of nitrogens with two attached hydrogens (primary N) is 1. The highest BCUT2D eigenvalue weighted by molar-refractivity contribution is 6.42. The topological polar surface area (TPSA) is 131 Å². The van der Waals surface area contributed by atoms with Crippen molar-refractivity contribution in [3.63, 3.8) is 0 Å². The van der Waals surface area contributed by atoms with Gasteiger partial charge in [0.1, 0.15) is 11.9 Å². The molecule has 6 rings (SSSR count). The number of aromatic nitrogens is 4. The first-order valence-electron chi connectivity index (χ1n) is 14.5. The molecule has 0 amide bonds. The minimum absolute atomic E-state index is 0.160. The van der Waals surface area contributed by atoms with Crippen LogP contribution in [0.4, 0.5) is 24.9 Å². The fourth-order valence-corrected chi connectivity index (χ4v) is 6.44. The van der Waals surface area contributed by atoms with Crippen LogP contribution in [0, 0.1) is 12.3 Å². The molecule has 4 heterocycles. The van der Waals surface area contributed by atoms with Gasteiger partial charge in [0.05, 0.1) is 21.4 Å². The number of rotatable bonds is 7. The second-order valence-electron chi connectivity index (χ2n) is 11.7. The zero-order valence-corrected chi connectivity index (χ0v) is 26.1. The van der Waals surface area contributed by atoms with Crippen LogP contribution in [-0.2, 0) is 4.79 Å². The predicted octanol–water partition coefficient (Wildman–Crippen LogP) is 6.24. The number of carboxylic acids is 1. The smallest absolute Gasteiger partial charge is 0.429 e. The van der Waals surface area contributed by atoms with Gasteiger partial charge in [-0.1, -0.05) is 35.3 Å². The number of nitrogens with zero attached hydrogens (tertiary/aromatic N) is 5. The van der Waals surface area contributed by atoms with Gasteiger partial charge in [-0.2, -0.15) is 28.2 Å². The number of carbonyl (C=O) groups is 1. The summed E-state index contributed by atoms with van der Waals surface area (Å²) in [6, 6.07) is 11.9. The van der Waals surface area contributed by atoms with E-state index in [0.29, 0.717) is 66.6 Å². The Bertz CT molecular complexity index is 1780. The number of hydrogen-bond acceptors (Lipinski definition) is 8. The summed E-state index contributed by atoms with van der Waals surface area (Å²) < 4.78 is 51.8. The Hall–Kier alpha value is -4.07. The molecule has 2 saturated heterocycles. The molecule has 2 aliphatic rings. The number of aliphatic carboxylic acids is 1. The third-order valence-corrected chi connectivity index (χ3v) is 9.32. The Kier molecular flexibility index (Phi) is 8.51. The molecule has 0 bridgehead atoms. The molecule has 2 fully saturated rings. The Morgan fingerprint density at radius 2 is 1.80 bits per heavy atom. The van der Waals surface area contributed by atoms with Crippen molar-refractivity contribution in [1.82, 2.24) is 25.1 Å². The van der Waals surface area contributed by atoms with Crippen molar-refractivity contribution < 1.29 is 27.8 Å². The van der Waals surface area contributed by atoms with E-state index >= 15 is 0 Å². The third-order valence-electron chi connectivity index (χ3n) is 8.58. The molecule has 2 aromatic carbocycles. The lowest BCUT2D eigenvalue weighted by atomic mass is 9.76. The summed E-state index contributed by atoms with van der Waals surface area (Å²) in [5.74, 6) is -1.14. The maximum atomic E-state index is 14.9. The van der Waals surface area contributed by atoms with Crippen molar-refractivity contribution >= 4 is 40.9 Å². The van der Waals surface area contributed by atoms with E-state index in [4.69, 9.17) is 33.7 Å². The fourth-order valence-electron chi connectivity index (χ4n) is 6.14. The molecule has 2 unspecified atom stereocenters. The molecular weight excluding hydrogens is 646 g/mol. The quantitative estimate of drug-likeness (QED) is 0.208. The number of alkyl halides is 3. The van der Waals surface area contributed by atoms with Gasteiger partial charge in [-0.3, -0.25) is 4.79 Å². The van der Waals surface area contributed by atoms with Gasteiger partial charge in [0.25, 0.3) is 0 Å². The van der Waals surface area contributed by atoms with Crippen LogP contribution in [-0.4, -0.2) is 62.7 Å². The lowest BCUT2D eigenvalue weighted by Gasteiger charge is -2.39. The monoisotopic (exact) mass is 675 g/mol. The van der Waals surface area contributed by atoms with Crippen LogP contribution in [0.2, 0.25) is 10.0 Å². The molecule has 0 radical (unpaired) electrons. The van der Waals surface area contributed by atoms with Gasteiger partial charge in [0, 0.05) is 37.5 Å². The number of ether oxygens (including phenoxy) is 1. The lowest BCUT2D eigenvalue weighted by molar-refractivity contribution is -0.198. The van der Waals surface area contributed by atoms with Crippen LogP contribution in [0.25, 0.3) is 16.8 Å². The van der Waals surface area contributed by atoms with Crippen LogP contribution in [0.3, 0.4) is 0 Å². The molecule has 1 spiro atoms. The zero-order valence-electron chi connectivity index (χ0n) is 24.6. The Morgan fingerprint density at radius 3 is 2.43 bits per heavy atom. The van der Waals surface area contributed by atoms with Crippen molar-refractivity contribution in [2.24, 2.45) is 5.41 Å². The summed E-state index contributed by atoms with van der Waals surface area (Å²) in [6.45, 7) is 3.35. The minimum atomic E-state index is -4.87. The maximum absolute atomic E-state index is 14.9. The number of carboxylic acid groups (broad SMARTS) is 1. The highest BCUT2D eigenvalue weighted by Crippen LogP contribution is 2.43. The molecule has 15 heteroatoms. The number of halogens is 5. The molecule has 0 saturated carbocycles. The number of nitrogen functional groups attached to an aromatic ring is 1. The van der Waals surface area contributed by atoms with Gasteiger partial charge in [-0.05, 0) is 73.1 Å². The van der Waals surface area contributed by atoms with Crippen LogP contribution in [0.15, 0.2) is 54.7 Å². The molecule has 2 aliphatic heterocycles. The average Bonchev–Trinajstić information content (AvgIpc) is 3.63. The minimum Gasteiger partial charge on any atom is -0.480 e.